The molecule has 88 valence electrons. The van der Waals surface area contributed by atoms with E-state index in [1.807, 2.05) is 0 Å². The van der Waals surface area contributed by atoms with E-state index in [9.17, 15) is 0 Å². The van der Waals surface area contributed by atoms with Gasteiger partial charge in [-0.25, -0.2) is 0 Å². The molecule has 0 saturated heterocycles. The Hall–Kier alpha value is -0.870. The first-order valence-corrected chi connectivity index (χ1v) is 6.88. The molecule has 0 saturated carbocycles. The second kappa shape index (κ2) is 5.65. The van der Waals surface area contributed by atoms with Gasteiger partial charge in [0.15, 0.2) is 0 Å². The number of hydrogen-bond donors (Lipinski definition) is 1. The predicted octanol–water partition coefficient (Wildman–Crippen LogP) is 3.90. The van der Waals surface area contributed by atoms with Gasteiger partial charge in [0, 0.05) is 3.57 Å². The van der Waals surface area contributed by atoms with E-state index in [1.165, 1.54) is 20.3 Å². The van der Waals surface area contributed by atoms with Gasteiger partial charge in [0.1, 0.15) is 0 Å². The van der Waals surface area contributed by atoms with E-state index in [4.69, 9.17) is 5.73 Å². The molecule has 0 aliphatic rings. The van der Waals surface area contributed by atoms with Gasteiger partial charge in [-0.15, -0.1) is 0 Å². The normalized spacial score (nSPS) is 12.4. The number of hydrogen-bond acceptors (Lipinski definition) is 1. The molecule has 0 fully saturated rings. The van der Waals surface area contributed by atoms with Crippen molar-refractivity contribution >= 4 is 22.6 Å². The SMILES string of the molecule is CCc1ccc(C(N)c2cccc(I)c2)cc1. The van der Waals surface area contributed by atoms with Crippen LogP contribution in [-0.4, -0.2) is 0 Å². The van der Waals surface area contributed by atoms with Gasteiger partial charge in [0.2, 0.25) is 0 Å². The maximum atomic E-state index is 6.27. The molecule has 0 radical (unpaired) electrons. The summed E-state index contributed by atoms with van der Waals surface area (Å²) in [7, 11) is 0. The van der Waals surface area contributed by atoms with Crippen LogP contribution >= 0.6 is 22.6 Å². The lowest BCUT2D eigenvalue weighted by molar-refractivity contribution is 0.868. The third-order valence-corrected chi connectivity index (χ3v) is 3.63. The van der Waals surface area contributed by atoms with Crippen LogP contribution in [0.5, 0.6) is 0 Å². The van der Waals surface area contributed by atoms with Crippen LogP contribution in [0.4, 0.5) is 0 Å². The van der Waals surface area contributed by atoms with Crippen molar-refractivity contribution in [2.75, 3.05) is 0 Å². The van der Waals surface area contributed by atoms with Crippen molar-refractivity contribution < 1.29 is 0 Å². The van der Waals surface area contributed by atoms with Crippen LogP contribution in [0, 0.1) is 3.57 Å². The fourth-order valence-electron chi connectivity index (χ4n) is 1.85. The third-order valence-electron chi connectivity index (χ3n) is 2.95. The van der Waals surface area contributed by atoms with E-state index in [-0.39, 0.29) is 6.04 Å². The Bertz CT molecular complexity index is 491. The number of rotatable bonds is 3. The zero-order valence-electron chi connectivity index (χ0n) is 9.86. The Balaban J connectivity index is 2.27. The van der Waals surface area contributed by atoms with Gasteiger partial charge in [0.05, 0.1) is 6.04 Å². The minimum atomic E-state index is -0.0318. The molecule has 2 heteroatoms. The summed E-state index contributed by atoms with van der Waals surface area (Å²) in [6.45, 7) is 2.16. The molecule has 0 aliphatic carbocycles. The summed E-state index contributed by atoms with van der Waals surface area (Å²) in [5, 5.41) is 0. The highest BCUT2D eigenvalue weighted by atomic mass is 127. The van der Waals surface area contributed by atoms with Crippen molar-refractivity contribution in [1.29, 1.82) is 0 Å². The molecule has 1 unspecified atom stereocenters. The van der Waals surface area contributed by atoms with Crippen LogP contribution < -0.4 is 5.73 Å². The zero-order valence-corrected chi connectivity index (χ0v) is 12.0. The van der Waals surface area contributed by atoms with Crippen LogP contribution in [0.3, 0.4) is 0 Å². The lowest BCUT2D eigenvalue weighted by Gasteiger charge is -2.13. The standard InChI is InChI=1S/C15H16IN/c1-2-11-6-8-12(9-7-11)15(17)13-4-3-5-14(16)10-13/h3-10,15H,2,17H2,1H3. The molecule has 0 bridgehead atoms. The fraction of sp³-hybridized carbons (Fsp3) is 0.200. The number of halogens is 1. The highest BCUT2D eigenvalue weighted by Crippen LogP contribution is 2.21. The molecule has 1 nitrogen and oxygen atoms in total. The van der Waals surface area contributed by atoms with Crippen molar-refractivity contribution in [1.82, 2.24) is 0 Å². The molecule has 2 aromatic carbocycles. The molecular formula is C15H16IN. The lowest BCUT2D eigenvalue weighted by Crippen LogP contribution is -2.11. The summed E-state index contributed by atoms with van der Waals surface area (Å²) < 4.78 is 1.22. The van der Waals surface area contributed by atoms with E-state index in [2.05, 4.69) is 78.0 Å². The molecular weight excluding hydrogens is 321 g/mol. The Labute approximate surface area is 116 Å². The second-order valence-electron chi connectivity index (χ2n) is 4.13. The third kappa shape index (κ3) is 3.07. The van der Waals surface area contributed by atoms with Gasteiger partial charge in [-0.2, -0.15) is 0 Å². The van der Waals surface area contributed by atoms with Gasteiger partial charge < -0.3 is 5.73 Å². The lowest BCUT2D eigenvalue weighted by atomic mass is 9.98. The van der Waals surface area contributed by atoms with Gasteiger partial charge in [-0.3, -0.25) is 0 Å². The van der Waals surface area contributed by atoms with Crippen molar-refractivity contribution in [3.8, 4) is 0 Å². The van der Waals surface area contributed by atoms with Crippen LogP contribution in [-0.2, 0) is 6.42 Å². The minimum absolute atomic E-state index is 0.0318. The van der Waals surface area contributed by atoms with E-state index in [1.54, 1.807) is 0 Å². The molecule has 2 rings (SSSR count). The fourth-order valence-corrected chi connectivity index (χ4v) is 2.42. The summed E-state index contributed by atoms with van der Waals surface area (Å²) >= 11 is 2.31. The maximum absolute atomic E-state index is 6.27. The smallest absolute Gasteiger partial charge is 0.0552 e. The van der Waals surface area contributed by atoms with Crippen molar-refractivity contribution in [3.63, 3.8) is 0 Å². The van der Waals surface area contributed by atoms with E-state index < -0.39 is 0 Å². The molecule has 2 aromatic rings. The monoisotopic (exact) mass is 337 g/mol. The van der Waals surface area contributed by atoms with E-state index in [0.717, 1.165) is 6.42 Å². The molecule has 1 atom stereocenters. The molecule has 2 N–H and O–H groups in total. The van der Waals surface area contributed by atoms with E-state index in [0.29, 0.717) is 0 Å². The van der Waals surface area contributed by atoms with Gasteiger partial charge in [-0.1, -0.05) is 43.3 Å². The first-order chi connectivity index (χ1) is 8.20. The quantitative estimate of drug-likeness (QED) is 0.845. The van der Waals surface area contributed by atoms with Crippen molar-refractivity contribution in [2.45, 2.75) is 19.4 Å². The number of aryl methyl sites for hydroxylation is 1. The number of benzene rings is 2. The van der Waals surface area contributed by atoms with Crippen molar-refractivity contribution in [3.05, 3.63) is 68.8 Å². The van der Waals surface area contributed by atoms with Crippen molar-refractivity contribution in [2.24, 2.45) is 5.73 Å². The minimum Gasteiger partial charge on any atom is -0.320 e. The average molecular weight is 337 g/mol. The Kier molecular flexibility index (Phi) is 4.18. The Morgan fingerprint density at radius 3 is 2.35 bits per heavy atom. The summed E-state index contributed by atoms with van der Waals surface area (Å²) in [6.07, 6.45) is 1.07. The van der Waals surface area contributed by atoms with Crippen LogP contribution in [0.2, 0.25) is 0 Å². The summed E-state index contributed by atoms with van der Waals surface area (Å²) in [6, 6.07) is 16.9. The van der Waals surface area contributed by atoms with Gasteiger partial charge >= 0.3 is 0 Å². The Morgan fingerprint density at radius 2 is 1.76 bits per heavy atom. The molecule has 0 spiro atoms. The largest absolute Gasteiger partial charge is 0.320 e. The highest BCUT2D eigenvalue weighted by Gasteiger charge is 2.08. The number of nitrogens with two attached hydrogens (primary N) is 1. The van der Waals surface area contributed by atoms with Crippen LogP contribution in [0.1, 0.15) is 29.7 Å². The van der Waals surface area contributed by atoms with Crippen LogP contribution in [0.15, 0.2) is 48.5 Å². The first kappa shape index (κ1) is 12.6. The first-order valence-electron chi connectivity index (χ1n) is 5.80. The molecule has 17 heavy (non-hydrogen) atoms. The van der Waals surface area contributed by atoms with Gasteiger partial charge in [0.25, 0.3) is 0 Å². The van der Waals surface area contributed by atoms with Crippen LogP contribution in [0.25, 0.3) is 0 Å². The summed E-state index contributed by atoms with van der Waals surface area (Å²) in [5.74, 6) is 0. The maximum Gasteiger partial charge on any atom is 0.0552 e. The topological polar surface area (TPSA) is 26.0 Å². The Morgan fingerprint density at radius 1 is 1.06 bits per heavy atom. The molecule has 0 aromatic heterocycles. The van der Waals surface area contributed by atoms with Gasteiger partial charge in [-0.05, 0) is 57.8 Å². The summed E-state index contributed by atoms with van der Waals surface area (Å²) in [5.41, 5.74) is 9.96. The predicted molar refractivity (Wildman–Crippen MR) is 81.0 cm³/mol. The zero-order chi connectivity index (χ0) is 12.3. The average Bonchev–Trinajstić information content (AvgIpc) is 2.38. The molecule has 0 aliphatic heterocycles. The summed E-state index contributed by atoms with van der Waals surface area (Å²) in [4.78, 5) is 0. The molecule has 0 amide bonds. The molecule has 0 heterocycles. The van der Waals surface area contributed by atoms with E-state index >= 15 is 0 Å². The second-order valence-corrected chi connectivity index (χ2v) is 5.37. The highest BCUT2D eigenvalue weighted by molar-refractivity contribution is 14.1.